The Labute approximate surface area is 237 Å². The summed E-state index contributed by atoms with van der Waals surface area (Å²) in [5.74, 6) is -2.51. The van der Waals surface area contributed by atoms with Crippen LogP contribution in [0.4, 0.5) is 23.2 Å². The Balaban J connectivity index is 1.43. The van der Waals surface area contributed by atoms with Gasteiger partial charge >= 0.3 is 6.18 Å². The van der Waals surface area contributed by atoms with Gasteiger partial charge in [0.2, 0.25) is 5.91 Å². The summed E-state index contributed by atoms with van der Waals surface area (Å²) >= 11 is 0. The summed E-state index contributed by atoms with van der Waals surface area (Å²) in [4.78, 5) is 34.4. The molecule has 1 aliphatic heterocycles. The van der Waals surface area contributed by atoms with Gasteiger partial charge in [-0.25, -0.2) is 14.4 Å². The molecule has 0 spiro atoms. The Morgan fingerprint density at radius 2 is 1.93 bits per heavy atom. The maximum absolute atomic E-state index is 15.0. The molecule has 1 atom stereocenters. The number of nitrogens with one attached hydrogen (secondary N) is 2. The number of alkyl halides is 3. The Kier molecular flexibility index (Phi) is 8.29. The van der Waals surface area contributed by atoms with E-state index < -0.39 is 34.6 Å². The van der Waals surface area contributed by atoms with Gasteiger partial charge in [0, 0.05) is 37.5 Å². The fourth-order valence-corrected chi connectivity index (χ4v) is 4.59. The van der Waals surface area contributed by atoms with Gasteiger partial charge in [-0.2, -0.15) is 18.3 Å². The van der Waals surface area contributed by atoms with Crippen molar-refractivity contribution >= 4 is 17.5 Å². The van der Waals surface area contributed by atoms with E-state index in [0.717, 1.165) is 18.9 Å². The number of anilines is 1. The van der Waals surface area contributed by atoms with E-state index >= 15 is 0 Å². The van der Waals surface area contributed by atoms with Gasteiger partial charge in [0.15, 0.2) is 0 Å². The summed E-state index contributed by atoms with van der Waals surface area (Å²) in [5, 5.41) is 9.32. The van der Waals surface area contributed by atoms with Crippen molar-refractivity contribution < 1.29 is 31.9 Å². The van der Waals surface area contributed by atoms with Crippen molar-refractivity contribution in [3.05, 3.63) is 83.7 Å². The first kappa shape index (κ1) is 28.9. The third-order valence-corrected chi connectivity index (χ3v) is 6.65. The first-order chi connectivity index (χ1) is 20.1. The van der Waals surface area contributed by atoms with Gasteiger partial charge in [-0.1, -0.05) is 30.3 Å². The van der Waals surface area contributed by atoms with E-state index in [2.05, 4.69) is 25.7 Å². The van der Waals surface area contributed by atoms with Crippen LogP contribution in [0, 0.1) is 5.82 Å². The van der Waals surface area contributed by atoms with Crippen LogP contribution >= 0.6 is 0 Å². The largest absolute Gasteiger partial charge is 0.417 e. The zero-order valence-corrected chi connectivity index (χ0v) is 22.4. The Morgan fingerprint density at radius 1 is 1.14 bits per heavy atom. The predicted molar refractivity (Wildman–Crippen MR) is 145 cm³/mol. The average molecular weight is 583 g/mol. The van der Waals surface area contributed by atoms with Crippen LogP contribution in [0.2, 0.25) is 0 Å². The van der Waals surface area contributed by atoms with Crippen molar-refractivity contribution in [2.75, 3.05) is 18.5 Å². The van der Waals surface area contributed by atoms with Crippen molar-refractivity contribution in [3.63, 3.8) is 0 Å². The number of ether oxygens (including phenoxy) is 1. The lowest BCUT2D eigenvalue weighted by atomic mass is 9.99. The first-order valence-electron chi connectivity index (χ1n) is 13.1. The number of carbonyl (C=O) groups is 2. The summed E-state index contributed by atoms with van der Waals surface area (Å²) in [7, 11) is 1.52. The van der Waals surface area contributed by atoms with Crippen molar-refractivity contribution in [2.45, 2.75) is 31.5 Å². The van der Waals surface area contributed by atoms with Gasteiger partial charge in [0.25, 0.3) is 5.91 Å². The van der Waals surface area contributed by atoms with Crippen LogP contribution in [0.1, 0.15) is 34.6 Å². The number of aromatic nitrogens is 4. The number of hydrogen-bond donors (Lipinski definition) is 2. The molecule has 0 bridgehead atoms. The second kappa shape index (κ2) is 12.1. The van der Waals surface area contributed by atoms with Crippen LogP contribution in [0.15, 0.2) is 60.9 Å². The minimum atomic E-state index is -4.89. The molecular formula is C29H26F4N6O3. The average Bonchev–Trinajstić information content (AvgIpc) is 3.64. The molecular weight excluding hydrogens is 556 g/mol. The van der Waals surface area contributed by atoms with Crippen molar-refractivity contribution in [2.24, 2.45) is 7.05 Å². The molecule has 3 heterocycles. The molecule has 0 saturated carbocycles. The maximum atomic E-state index is 15.0. The van der Waals surface area contributed by atoms with Gasteiger partial charge in [-0.3, -0.25) is 14.3 Å². The van der Waals surface area contributed by atoms with E-state index in [1.54, 1.807) is 30.3 Å². The highest BCUT2D eigenvalue weighted by molar-refractivity contribution is 6.06. The highest BCUT2D eigenvalue weighted by Gasteiger charge is 2.36. The fraction of sp³-hybridized carbons (Fsp3) is 0.276. The number of benzene rings is 2. The second-order valence-electron chi connectivity index (χ2n) is 9.73. The number of aryl methyl sites for hydroxylation is 1. The molecule has 9 nitrogen and oxygen atoms in total. The van der Waals surface area contributed by atoms with E-state index in [-0.39, 0.29) is 47.4 Å². The molecule has 0 radical (unpaired) electrons. The Morgan fingerprint density at radius 3 is 2.60 bits per heavy atom. The molecule has 5 rings (SSSR count). The summed E-state index contributed by atoms with van der Waals surface area (Å²) in [6.07, 6.45) is -0.532. The smallest absolute Gasteiger partial charge is 0.376 e. The minimum absolute atomic E-state index is 0.0314. The predicted octanol–water partition coefficient (Wildman–Crippen LogP) is 4.79. The zero-order valence-electron chi connectivity index (χ0n) is 22.4. The third-order valence-electron chi connectivity index (χ3n) is 6.65. The summed E-state index contributed by atoms with van der Waals surface area (Å²) < 4.78 is 63.0. The molecule has 4 aromatic rings. The van der Waals surface area contributed by atoms with Crippen LogP contribution < -0.4 is 10.6 Å². The molecule has 2 N–H and O–H groups in total. The topological polar surface area (TPSA) is 111 Å². The van der Waals surface area contributed by atoms with Crippen LogP contribution in [-0.2, 0) is 29.2 Å². The number of nitrogens with zero attached hydrogens (tertiary/aromatic N) is 4. The van der Waals surface area contributed by atoms with Gasteiger partial charge in [-0.15, -0.1) is 0 Å². The molecule has 0 unspecified atom stereocenters. The van der Waals surface area contributed by atoms with Crippen LogP contribution in [0.5, 0.6) is 0 Å². The number of amides is 2. The summed E-state index contributed by atoms with van der Waals surface area (Å²) in [5.41, 5.74) is -1.51. The van der Waals surface area contributed by atoms with Crippen LogP contribution in [0.25, 0.3) is 22.5 Å². The van der Waals surface area contributed by atoms with Crippen molar-refractivity contribution in [1.82, 2.24) is 25.1 Å². The molecule has 218 valence electrons. The maximum Gasteiger partial charge on any atom is 0.417 e. The lowest BCUT2D eigenvalue weighted by Gasteiger charge is -2.16. The molecule has 2 aromatic carbocycles. The van der Waals surface area contributed by atoms with E-state index in [1.807, 2.05) is 0 Å². The van der Waals surface area contributed by atoms with E-state index in [9.17, 15) is 27.2 Å². The molecule has 1 fully saturated rings. The van der Waals surface area contributed by atoms with E-state index in [1.165, 1.54) is 30.2 Å². The van der Waals surface area contributed by atoms with Crippen LogP contribution in [-0.4, -0.2) is 50.8 Å². The number of carbonyl (C=O) groups excluding carboxylic acids is 2. The molecule has 0 aliphatic carbocycles. The lowest BCUT2D eigenvalue weighted by Crippen LogP contribution is -2.33. The number of halogens is 4. The van der Waals surface area contributed by atoms with Gasteiger partial charge in [0.05, 0.1) is 46.9 Å². The quantitative estimate of drug-likeness (QED) is 0.289. The molecule has 2 amide bonds. The monoisotopic (exact) mass is 582 g/mol. The van der Waals surface area contributed by atoms with E-state index in [0.29, 0.717) is 18.7 Å². The summed E-state index contributed by atoms with van der Waals surface area (Å²) in [6.45, 7) is 1.04. The zero-order chi connectivity index (χ0) is 29.9. The van der Waals surface area contributed by atoms with Gasteiger partial charge in [-0.05, 0) is 31.0 Å². The fourth-order valence-electron chi connectivity index (χ4n) is 4.59. The van der Waals surface area contributed by atoms with Gasteiger partial charge < -0.3 is 15.4 Å². The standard InChI is InChI=1S/C29H26F4N6O3/c1-39-10-9-23(38-39)19-12-20(22(30)13-21(19)29(31,32)33)28(41)36-24-16-34-25(37-27(24)17-6-3-2-4-7-17)14-26(40)35-15-18-8-5-11-42-18/h2-4,6-7,9-10,12-13,16,18H,5,8,11,14-15H2,1H3,(H,35,40)(H,36,41)/t18-/m0/s1. The summed E-state index contributed by atoms with van der Waals surface area (Å²) in [6, 6.07) is 11.1. The highest BCUT2D eigenvalue weighted by atomic mass is 19.4. The Bertz CT molecular complexity index is 1600. The Hall–Kier alpha value is -4.65. The van der Waals surface area contributed by atoms with E-state index in [4.69, 9.17) is 4.74 Å². The lowest BCUT2D eigenvalue weighted by molar-refractivity contribution is -0.137. The van der Waals surface area contributed by atoms with Gasteiger partial charge in [0.1, 0.15) is 11.6 Å². The van der Waals surface area contributed by atoms with Crippen molar-refractivity contribution in [3.8, 4) is 22.5 Å². The number of rotatable bonds is 8. The van der Waals surface area contributed by atoms with Crippen LogP contribution in [0.3, 0.4) is 0 Å². The highest BCUT2D eigenvalue weighted by Crippen LogP contribution is 2.38. The molecule has 42 heavy (non-hydrogen) atoms. The third kappa shape index (κ3) is 6.62. The first-order valence-corrected chi connectivity index (χ1v) is 13.1. The normalized spacial score (nSPS) is 15.0. The molecule has 1 saturated heterocycles. The van der Waals surface area contributed by atoms with Crippen molar-refractivity contribution in [1.29, 1.82) is 0 Å². The second-order valence-corrected chi connectivity index (χ2v) is 9.73. The minimum Gasteiger partial charge on any atom is -0.376 e. The molecule has 1 aliphatic rings. The molecule has 13 heteroatoms. The SMILES string of the molecule is Cn1ccc(-c2cc(C(=O)Nc3cnc(CC(=O)NC[C@@H]4CCCO4)nc3-c3ccccc3)c(F)cc2C(F)(F)F)n1. The number of hydrogen-bond acceptors (Lipinski definition) is 6. The molecule has 2 aromatic heterocycles.